The Morgan fingerprint density at radius 1 is 1.27 bits per heavy atom. The molecule has 82 valence electrons. The van der Waals surface area contributed by atoms with Crippen molar-refractivity contribution >= 4 is 11.9 Å². The third-order valence-electron chi connectivity index (χ3n) is 2.31. The number of hydroxylamine groups is 2. The highest BCUT2D eigenvalue weighted by Crippen LogP contribution is 2.12. The molecule has 6 heteroatoms. The van der Waals surface area contributed by atoms with E-state index in [0.29, 0.717) is 13.1 Å². The number of esters is 1. The zero-order valence-corrected chi connectivity index (χ0v) is 8.38. The predicted molar refractivity (Wildman–Crippen MR) is 49.3 cm³/mol. The van der Waals surface area contributed by atoms with Crippen molar-refractivity contribution in [1.29, 1.82) is 0 Å². The quantitative estimate of drug-likeness (QED) is 0.486. The number of likely N-dealkylation sites (N-methyl/N-ethyl adjacent to an activating group) is 1. The van der Waals surface area contributed by atoms with E-state index in [-0.39, 0.29) is 0 Å². The van der Waals surface area contributed by atoms with Crippen molar-refractivity contribution in [3.05, 3.63) is 12.2 Å². The monoisotopic (exact) mass is 212 g/mol. The van der Waals surface area contributed by atoms with Crippen LogP contribution in [0.4, 0.5) is 0 Å². The van der Waals surface area contributed by atoms with Crippen LogP contribution in [0.25, 0.3) is 0 Å². The lowest BCUT2D eigenvalue weighted by atomic mass is 10.3. The highest BCUT2D eigenvalue weighted by molar-refractivity contribution is 5.92. The first-order valence-electron chi connectivity index (χ1n) is 4.71. The van der Waals surface area contributed by atoms with Crippen molar-refractivity contribution in [3.63, 3.8) is 0 Å². The average Bonchev–Trinajstić information content (AvgIpc) is 2.17. The first-order chi connectivity index (χ1) is 7.15. The number of rotatable bonds is 0. The van der Waals surface area contributed by atoms with E-state index in [1.54, 1.807) is 0 Å². The largest absolute Gasteiger partial charge is 0.439 e. The minimum absolute atomic E-state index is 0.509. The summed E-state index contributed by atoms with van der Waals surface area (Å²) in [7, 11) is 1.92. The SMILES string of the molecule is CN1CCN2OC(=O)/C=C\C(=O)OC2C1. The van der Waals surface area contributed by atoms with Crippen LogP contribution in [0.2, 0.25) is 0 Å². The summed E-state index contributed by atoms with van der Waals surface area (Å²) in [6.45, 7) is 1.84. The summed E-state index contributed by atoms with van der Waals surface area (Å²) in [5, 5.41) is 1.41. The predicted octanol–water partition coefficient (Wildman–Crippen LogP) is -0.869. The number of nitrogens with zero attached hydrogens (tertiary/aromatic N) is 2. The maximum atomic E-state index is 11.2. The first-order valence-corrected chi connectivity index (χ1v) is 4.71. The molecule has 2 aliphatic rings. The second-order valence-electron chi connectivity index (χ2n) is 3.54. The van der Waals surface area contributed by atoms with E-state index in [4.69, 9.17) is 9.57 Å². The van der Waals surface area contributed by atoms with E-state index in [1.807, 2.05) is 11.9 Å². The van der Waals surface area contributed by atoms with Gasteiger partial charge in [0.1, 0.15) is 0 Å². The normalized spacial score (nSPS) is 30.9. The number of ether oxygens (including phenoxy) is 1. The van der Waals surface area contributed by atoms with Crippen molar-refractivity contribution in [2.75, 3.05) is 26.7 Å². The van der Waals surface area contributed by atoms with Gasteiger partial charge in [-0.1, -0.05) is 5.06 Å². The third kappa shape index (κ3) is 2.34. The second kappa shape index (κ2) is 4.00. The fraction of sp³-hybridized carbons (Fsp3) is 0.556. The molecule has 0 aromatic heterocycles. The number of fused-ring (bicyclic) bond motifs is 1. The summed E-state index contributed by atoms with van der Waals surface area (Å²) in [5.74, 6) is -1.06. The molecule has 0 aliphatic carbocycles. The highest BCUT2D eigenvalue weighted by atomic mass is 16.7. The molecule has 6 nitrogen and oxygen atoms in total. The van der Waals surface area contributed by atoms with Crippen molar-refractivity contribution in [1.82, 2.24) is 9.96 Å². The van der Waals surface area contributed by atoms with Crippen LogP contribution in [-0.4, -0.2) is 54.8 Å². The summed E-state index contributed by atoms with van der Waals surface area (Å²) in [6.07, 6.45) is 1.63. The molecule has 0 amide bonds. The number of hydrogen-bond acceptors (Lipinski definition) is 6. The second-order valence-corrected chi connectivity index (χ2v) is 3.54. The van der Waals surface area contributed by atoms with Crippen LogP contribution >= 0.6 is 0 Å². The lowest BCUT2D eigenvalue weighted by Crippen LogP contribution is -2.54. The van der Waals surface area contributed by atoms with Gasteiger partial charge in [-0.15, -0.1) is 0 Å². The Labute approximate surface area is 87.0 Å². The Bertz CT molecular complexity index is 315. The van der Waals surface area contributed by atoms with Gasteiger partial charge in [-0.05, 0) is 7.05 Å². The molecule has 2 heterocycles. The maximum absolute atomic E-state index is 11.2. The van der Waals surface area contributed by atoms with E-state index in [0.717, 1.165) is 18.7 Å². The van der Waals surface area contributed by atoms with Crippen molar-refractivity contribution in [2.45, 2.75) is 6.23 Å². The molecule has 0 aromatic rings. The lowest BCUT2D eigenvalue weighted by Gasteiger charge is -2.37. The van der Waals surface area contributed by atoms with Crippen LogP contribution in [0.1, 0.15) is 0 Å². The molecule has 1 fully saturated rings. The highest BCUT2D eigenvalue weighted by Gasteiger charge is 2.31. The molecule has 0 bridgehead atoms. The smallest absolute Gasteiger partial charge is 0.350 e. The van der Waals surface area contributed by atoms with E-state index in [9.17, 15) is 9.59 Å². The number of piperazine rings is 1. The molecule has 1 saturated heterocycles. The van der Waals surface area contributed by atoms with Crippen LogP contribution in [0.15, 0.2) is 12.2 Å². The molecular formula is C9H12N2O4. The summed E-state index contributed by atoms with van der Waals surface area (Å²) in [6, 6.07) is 0. The van der Waals surface area contributed by atoms with Gasteiger partial charge in [0, 0.05) is 18.7 Å². The molecule has 15 heavy (non-hydrogen) atoms. The molecule has 1 unspecified atom stereocenters. The molecule has 0 N–H and O–H groups in total. The summed E-state index contributed by atoms with van der Waals surface area (Å²) in [4.78, 5) is 29.3. The van der Waals surface area contributed by atoms with Crippen molar-refractivity contribution < 1.29 is 19.2 Å². The first kappa shape index (κ1) is 10.1. The van der Waals surface area contributed by atoms with Gasteiger partial charge in [0.15, 0.2) is 6.23 Å². The molecule has 2 aliphatic heterocycles. The maximum Gasteiger partial charge on any atom is 0.350 e. The zero-order chi connectivity index (χ0) is 10.8. The summed E-state index contributed by atoms with van der Waals surface area (Å²) >= 11 is 0. The van der Waals surface area contributed by atoms with Gasteiger partial charge >= 0.3 is 11.9 Å². The van der Waals surface area contributed by atoms with Gasteiger partial charge in [0.05, 0.1) is 13.1 Å². The molecular weight excluding hydrogens is 200 g/mol. The van der Waals surface area contributed by atoms with Crippen LogP contribution < -0.4 is 0 Å². The molecule has 0 aromatic carbocycles. The van der Waals surface area contributed by atoms with E-state index < -0.39 is 18.2 Å². The standard InChI is InChI=1S/C9H12N2O4/c1-10-4-5-11-7(6-10)14-8(12)2-3-9(13)15-11/h2-3,7H,4-6H2,1H3/b3-2-. The molecule has 0 radical (unpaired) electrons. The van der Waals surface area contributed by atoms with Crippen LogP contribution in [0.5, 0.6) is 0 Å². The van der Waals surface area contributed by atoms with Gasteiger partial charge in [0.2, 0.25) is 0 Å². The van der Waals surface area contributed by atoms with Gasteiger partial charge in [0.25, 0.3) is 0 Å². The fourth-order valence-corrected chi connectivity index (χ4v) is 1.52. The minimum Gasteiger partial charge on any atom is -0.439 e. The van der Waals surface area contributed by atoms with E-state index in [1.165, 1.54) is 5.06 Å². The van der Waals surface area contributed by atoms with Gasteiger partial charge in [-0.3, -0.25) is 4.90 Å². The third-order valence-corrected chi connectivity index (χ3v) is 2.31. The number of carbonyl (C=O) groups excluding carboxylic acids is 2. The lowest BCUT2D eigenvalue weighted by molar-refractivity contribution is -0.251. The number of carbonyl (C=O) groups is 2. The van der Waals surface area contributed by atoms with Gasteiger partial charge in [-0.2, -0.15) is 0 Å². The van der Waals surface area contributed by atoms with E-state index >= 15 is 0 Å². The minimum atomic E-state index is -0.541. The van der Waals surface area contributed by atoms with Gasteiger partial charge < -0.3 is 9.57 Å². The Morgan fingerprint density at radius 3 is 2.80 bits per heavy atom. The summed E-state index contributed by atoms with van der Waals surface area (Å²) in [5.41, 5.74) is 0. The van der Waals surface area contributed by atoms with Crippen LogP contribution in [0.3, 0.4) is 0 Å². The Balaban J connectivity index is 2.14. The molecule has 0 spiro atoms. The topological polar surface area (TPSA) is 59.1 Å². The molecule has 2 rings (SSSR count). The Kier molecular flexibility index (Phi) is 2.70. The number of hydrogen-bond donors (Lipinski definition) is 0. The van der Waals surface area contributed by atoms with Gasteiger partial charge in [-0.25, -0.2) is 9.59 Å². The van der Waals surface area contributed by atoms with Crippen molar-refractivity contribution in [3.8, 4) is 0 Å². The molecule has 0 saturated carbocycles. The van der Waals surface area contributed by atoms with Crippen LogP contribution in [0, 0.1) is 0 Å². The molecule has 1 atom stereocenters. The Morgan fingerprint density at radius 2 is 2.00 bits per heavy atom. The fourth-order valence-electron chi connectivity index (χ4n) is 1.52. The summed E-state index contributed by atoms with van der Waals surface area (Å²) < 4.78 is 5.10. The van der Waals surface area contributed by atoms with Crippen LogP contribution in [-0.2, 0) is 19.2 Å². The zero-order valence-electron chi connectivity index (χ0n) is 8.38. The van der Waals surface area contributed by atoms with Crippen molar-refractivity contribution in [2.24, 2.45) is 0 Å². The van der Waals surface area contributed by atoms with E-state index in [2.05, 4.69) is 0 Å². The average molecular weight is 212 g/mol. The Hall–Kier alpha value is -1.40.